The van der Waals surface area contributed by atoms with E-state index in [-0.39, 0.29) is 24.1 Å². The lowest BCUT2D eigenvalue weighted by atomic mass is 10.2. The van der Waals surface area contributed by atoms with Gasteiger partial charge in [-0.15, -0.1) is 0 Å². The van der Waals surface area contributed by atoms with E-state index in [1.165, 1.54) is 36.4 Å². The third-order valence-corrected chi connectivity index (χ3v) is 2.58. The van der Waals surface area contributed by atoms with Crippen LogP contribution in [0.2, 0.25) is 0 Å². The molecular formula is C15H14FNO3. The van der Waals surface area contributed by atoms with Crippen LogP contribution in [0.3, 0.4) is 0 Å². The third-order valence-electron chi connectivity index (χ3n) is 2.58. The molecule has 0 heterocycles. The molecule has 0 aliphatic heterocycles. The smallest absolute Gasteiger partial charge is 0.251 e. The molecule has 0 unspecified atom stereocenters. The Kier molecular flexibility index (Phi) is 4.55. The standard InChI is InChI=1S/C15H14FNO3/c16-12-2-1-3-14(10-12)20-9-8-17-15(19)11-4-6-13(18)7-5-11/h1-7,10,18H,8-9H2,(H,17,19). The molecule has 2 aromatic carbocycles. The first-order chi connectivity index (χ1) is 9.65. The molecule has 1 amide bonds. The predicted molar refractivity (Wildman–Crippen MR) is 72.3 cm³/mol. The topological polar surface area (TPSA) is 58.6 Å². The molecular weight excluding hydrogens is 261 g/mol. The van der Waals surface area contributed by atoms with Gasteiger partial charge in [0.15, 0.2) is 0 Å². The average molecular weight is 275 g/mol. The fourth-order valence-corrected chi connectivity index (χ4v) is 1.61. The van der Waals surface area contributed by atoms with Crippen LogP contribution in [0.5, 0.6) is 11.5 Å². The maximum atomic E-state index is 12.9. The Hall–Kier alpha value is -2.56. The van der Waals surface area contributed by atoms with E-state index in [2.05, 4.69) is 5.32 Å². The molecule has 0 bridgehead atoms. The van der Waals surface area contributed by atoms with Crippen molar-refractivity contribution in [2.45, 2.75) is 0 Å². The number of halogens is 1. The number of hydrogen-bond acceptors (Lipinski definition) is 3. The number of hydrogen-bond donors (Lipinski definition) is 2. The summed E-state index contributed by atoms with van der Waals surface area (Å²) in [5, 5.41) is 11.8. The van der Waals surface area contributed by atoms with Gasteiger partial charge in [0.05, 0.1) is 6.54 Å². The van der Waals surface area contributed by atoms with Gasteiger partial charge in [0.2, 0.25) is 0 Å². The van der Waals surface area contributed by atoms with E-state index in [0.717, 1.165) is 0 Å². The van der Waals surface area contributed by atoms with Crippen LogP contribution in [0.15, 0.2) is 48.5 Å². The molecule has 4 nitrogen and oxygen atoms in total. The SMILES string of the molecule is O=C(NCCOc1cccc(F)c1)c1ccc(O)cc1. The van der Waals surface area contributed by atoms with Gasteiger partial charge in [-0.3, -0.25) is 4.79 Å². The van der Waals surface area contributed by atoms with Gasteiger partial charge in [-0.1, -0.05) is 6.07 Å². The molecule has 0 aliphatic carbocycles. The van der Waals surface area contributed by atoms with Gasteiger partial charge in [0, 0.05) is 11.6 Å². The largest absolute Gasteiger partial charge is 0.508 e. The zero-order valence-corrected chi connectivity index (χ0v) is 10.7. The van der Waals surface area contributed by atoms with Gasteiger partial charge < -0.3 is 15.2 Å². The Morgan fingerprint density at radius 2 is 1.95 bits per heavy atom. The van der Waals surface area contributed by atoms with Crippen molar-refractivity contribution in [3.05, 3.63) is 59.9 Å². The number of rotatable bonds is 5. The number of carbonyl (C=O) groups excluding carboxylic acids is 1. The van der Waals surface area contributed by atoms with Crippen LogP contribution in [-0.4, -0.2) is 24.2 Å². The van der Waals surface area contributed by atoms with Crippen molar-refractivity contribution in [3.8, 4) is 11.5 Å². The summed E-state index contributed by atoms with van der Waals surface area (Å²) in [6.07, 6.45) is 0. The van der Waals surface area contributed by atoms with E-state index < -0.39 is 0 Å². The van der Waals surface area contributed by atoms with Gasteiger partial charge in [0.1, 0.15) is 23.9 Å². The lowest BCUT2D eigenvalue weighted by Gasteiger charge is -2.08. The second-order valence-corrected chi connectivity index (χ2v) is 4.11. The summed E-state index contributed by atoms with van der Waals surface area (Å²) < 4.78 is 18.2. The highest BCUT2D eigenvalue weighted by atomic mass is 19.1. The highest BCUT2D eigenvalue weighted by molar-refractivity contribution is 5.94. The zero-order chi connectivity index (χ0) is 14.4. The quantitative estimate of drug-likeness (QED) is 0.823. The van der Waals surface area contributed by atoms with E-state index >= 15 is 0 Å². The number of ether oxygens (including phenoxy) is 1. The predicted octanol–water partition coefficient (Wildman–Crippen LogP) is 2.34. The molecule has 0 atom stereocenters. The molecule has 0 spiro atoms. The first kappa shape index (κ1) is 13.9. The second kappa shape index (κ2) is 6.56. The monoisotopic (exact) mass is 275 g/mol. The molecule has 2 aromatic rings. The van der Waals surface area contributed by atoms with E-state index in [1.807, 2.05) is 0 Å². The maximum absolute atomic E-state index is 12.9. The van der Waals surface area contributed by atoms with Gasteiger partial charge in [-0.2, -0.15) is 0 Å². The van der Waals surface area contributed by atoms with Crippen molar-refractivity contribution < 1.29 is 19.0 Å². The van der Waals surface area contributed by atoms with Gasteiger partial charge in [-0.25, -0.2) is 4.39 Å². The lowest BCUT2D eigenvalue weighted by molar-refractivity contribution is 0.0947. The van der Waals surface area contributed by atoms with Crippen LogP contribution in [0.4, 0.5) is 4.39 Å². The van der Waals surface area contributed by atoms with Crippen molar-refractivity contribution in [3.63, 3.8) is 0 Å². The van der Waals surface area contributed by atoms with E-state index in [1.54, 1.807) is 12.1 Å². The van der Waals surface area contributed by atoms with Crippen LogP contribution in [-0.2, 0) is 0 Å². The number of benzene rings is 2. The highest BCUT2D eigenvalue weighted by Gasteiger charge is 2.04. The van der Waals surface area contributed by atoms with E-state index in [0.29, 0.717) is 17.9 Å². The van der Waals surface area contributed by atoms with Crippen LogP contribution in [0.1, 0.15) is 10.4 Å². The number of carbonyl (C=O) groups is 1. The van der Waals surface area contributed by atoms with E-state index in [9.17, 15) is 9.18 Å². The molecule has 0 aliphatic rings. The molecule has 0 radical (unpaired) electrons. The van der Waals surface area contributed by atoms with Crippen molar-refractivity contribution in [2.24, 2.45) is 0 Å². The maximum Gasteiger partial charge on any atom is 0.251 e. The Bertz CT molecular complexity index is 584. The van der Waals surface area contributed by atoms with Crippen LogP contribution in [0.25, 0.3) is 0 Å². The van der Waals surface area contributed by atoms with Gasteiger partial charge in [-0.05, 0) is 36.4 Å². The summed E-state index contributed by atoms with van der Waals surface area (Å²) in [6, 6.07) is 11.7. The first-order valence-corrected chi connectivity index (χ1v) is 6.11. The van der Waals surface area contributed by atoms with Crippen molar-refractivity contribution >= 4 is 5.91 Å². The summed E-state index contributed by atoms with van der Waals surface area (Å²) >= 11 is 0. The summed E-state index contributed by atoms with van der Waals surface area (Å²) in [7, 11) is 0. The van der Waals surface area contributed by atoms with Crippen LogP contribution >= 0.6 is 0 Å². The molecule has 20 heavy (non-hydrogen) atoms. The Labute approximate surface area is 115 Å². The molecule has 0 fully saturated rings. The van der Waals surface area contributed by atoms with E-state index in [4.69, 9.17) is 9.84 Å². The highest BCUT2D eigenvalue weighted by Crippen LogP contribution is 2.11. The molecule has 2 N–H and O–H groups in total. The fourth-order valence-electron chi connectivity index (χ4n) is 1.61. The summed E-state index contributed by atoms with van der Waals surface area (Å²) in [4.78, 5) is 11.7. The normalized spacial score (nSPS) is 10.1. The number of nitrogens with one attached hydrogen (secondary N) is 1. The Morgan fingerprint density at radius 1 is 1.20 bits per heavy atom. The average Bonchev–Trinajstić information content (AvgIpc) is 2.44. The second-order valence-electron chi connectivity index (χ2n) is 4.11. The minimum absolute atomic E-state index is 0.107. The molecule has 2 rings (SSSR count). The lowest BCUT2D eigenvalue weighted by Crippen LogP contribution is -2.28. The molecule has 0 saturated carbocycles. The fraction of sp³-hybridized carbons (Fsp3) is 0.133. The minimum Gasteiger partial charge on any atom is -0.508 e. The molecule has 0 saturated heterocycles. The third kappa shape index (κ3) is 3.98. The van der Waals surface area contributed by atoms with Crippen LogP contribution in [0, 0.1) is 5.82 Å². The Morgan fingerprint density at radius 3 is 2.65 bits per heavy atom. The Balaban J connectivity index is 1.76. The number of phenolic OH excluding ortho intramolecular Hbond substituents is 1. The number of amides is 1. The molecule has 5 heteroatoms. The molecule has 104 valence electrons. The first-order valence-electron chi connectivity index (χ1n) is 6.11. The van der Waals surface area contributed by atoms with Crippen molar-refractivity contribution in [2.75, 3.05) is 13.2 Å². The van der Waals surface area contributed by atoms with Crippen molar-refractivity contribution in [1.82, 2.24) is 5.32 Å². The summed E-state index contributed by atoms with van der Waals surface area (Å²) in [5.41, 5.74) is 0.452. The number of aromatic hydroxyl groups is 1. The minimum atomic E-state index is -0.365. The van der Waals surface area contributed by atoms with Crippen molar-refractivity contribution in [1.29, 1.82) is 0 Å². The van der Waals surface area contributed by atoms with Gasteiger partial charge >= 0.3 is 0 Å². The number of phenols is 1. The zero-order valence-electron chi connectivity index (χ0n) is 10.7. The summed E-state index contributed by atoms with van der Waals surface area (Å²) in [5.74, 6) is -0.0941. The van der Waals surface area contributed by atoms with Crippen LogP contribution < -0.4 is 10.1 Å². The summed E-state index contributed by atoms with van der Waals surface area (Å²) in [6.45, 7) is 0.545. The van der Waals surface area contributed by atoms with Gasteiger partial charge in [0.25, 0.3) is 5.91 Å². The molecule has 0 aromatic heterocycles.